The minimum atomic E-state index is -2.28. The van der Waals surface area contributed by atoms with Crippen molar-refractivity contribution >= 4 is 35.8 Å². The minimum Gasteiger partial charge on any atom is -0.481 e. The smallest absolute Gasteiger partial charge is 0.344 e. The van der Waals surface area contributed by atoms with Gasteiger partial charge in [-0.25, -0.2) is 9.59 Å². The van der Waals surface area contributed by atoms with Gasteiger partial charge in [0, 0.05) is 0 Å². The van der Waals surface area contributed by atoms with E-state index in [2.05, 4.69) is 0 Å². The van der Waals surface area contributed by atoms with Crippen LogP contribution in [0.3, 0.4) is 0 Å². The lowest BCUT2D eigenvalue weighted by Gasteiger charge is -2.20. The number of hydrogen-bond donors (Lipinski definition) is 2. The molecule has 196 valence electrons. The molecule has 0 fully saturated rings. The molecule has 0 spiro atoms. The van der Waals surface area contributed by atoms with Crippen molar-refractivity contribution in [1.82, 2.24) is 0 Å². The van der Waals surface area contributed by atoms with Crippen molar-refractivity contribution in [1.29, 1.82) is 0 Å². The third-order valence-corrected chi connectivity index (χ3v) is 4.77. The molecule has 0 aromatic heterocycles. The van der Waals surface area contributed by atoms with Gasteiger partial charge >= 0.3 is 35.8 Å². The summed E-state index contributed by atoms with van der Waals surface area (Å²) in [5, 5.41) is 18.4. The Bertz CT molecular complexity index is 1030. The van der Waals surface area contributed by atoms with Crippen molar-refractivity contribution in [2.75, 3.05) is 13.2 Å². The molecular formula is C25H24O12. The second-order valence-electron chi connectivity index (χ2n) is 7.53. The molecule has 0 aliphatic carbocycles. The molecule has 2 aromatic carbocycles. The lowest BCUT2D eigenvalue weighted by molar-refractivity contribution is -0.177. The van der Waals surface area contributed by atoms with Gasteiger partial charge in [-0.3, -0.25) is 19.2 Å². The first-order chi connectivity index (χ1) is 17.7. The van der Waals surface area contributed by atoms with E-state index < -0.39 is 67.3 Å². The average molecular weight is 516 g/mol. The number of esters is 4. The molecule has 2 rings (SSSR count). The Morgan fingerprint density at radius 3 is 1.38 bits per heavy atom. The first kappa shape index (κ1) is 28.5. The molecule has 0 saturated carbocycles. The molecule has 0 saturated heterocycles. The zero-order valence-corrected chi connectivity index (χ0v) is 19.4. The molecule has 1 atom stereocenters. The van der Waals surface area contributed by atoms with Crippen LogP contribution in [0.25, 0.3) is 0 Å². The Labute approximate surface area is 210 Å². The number of hydrogen-bond acceptors (Lipinski definition) is 10. The zero-order valence-electron chi connectivity index (χ0n) is 19.4. The highest BCUT2D eigenvalue weighted by molar-refractivity contribution is 6.00. The van der Waals surface area contributed by atoms with Gasteiger partial charge in [-0.2, -0.15) is 0 Å². The van der Waals surface area contributed by atoms with E-state index in [9.17, 15) is 33.9 Å². The van der Waals surface area contributed by atoms with Gasteiger partial charge in [-0.15, -0.1) is 0 Å². The van der Waals surface area contributed by atoms with E-state index in [1.165, 1.54) is 0 Å². The van der Waals surface area contributed by atoms with E-state index in [0.717, 1.165) is 0 Å². The van der Waals surface area contributed by atoms with Crippen LogP contribution in [-0.2, 0) is 60.9 Å². The number of aliphatic carboxylic acids is 2. The fraction of sp³-hybridized carbons (Fsp3) is 0.280. The highest BCUT2D eigenvalue weighted by Crippen LogP contribution is 2.21. The predicted octanol–water partition coefficient (Wildman–Crippen LogP) is 1.35. The van der Waals surface area contributed by atoms with Crippen molar-refractivity contribution < 1.29 is 57.9 Å². The Hall–Kier alpha value is -4.74. The zero-order chi connectivity index (χ0) is 27.2. The van der Waals surface area contributed by atoms with E-state index in [1.807, 2.05) is 0 Å². The van der Waals surface area contributed by atoms with E-state index in [1.54, 1.807) is 60.7 Å². The molecule has 12 heteroatoms. The Morgan fingerprint density at radius 1 is 0.622 bits per heavy atom. The van der Waals surface area contributed by atoms with Crippen LogP contribution in [-0.4, -0.2) is 59.2 Å². The van der Waals surface area contributed by atoms with Crippen LogP contribution >= 0.6 is 0 Å². The maximum absolute atomic E-state index is 12.5. The number of carboxylic acid groups (broad SMARTS) is 2. The summed E-state index contributed by atoms with van der Waals surface area (Å²) in [6, 6.07) is 17.1. The lowest BCUT2D eigenvalue weighted by atomic mass is 9.89. The fourth-order valence-electron chi connectivity index (χ4n) is 2.96. The largest absolute Gasteiger partial charge is 0.481 e. The molecule has 12 nitrogen and oxygen atoms in total. The first-order valence-electron chi connectivity index (χ1n) is 10.8. The van der Waals surface area contributed by atoms with Gasteiger partial charge in [0.25, 0.3) is 0 Å². The molecule has 37 heavy (non-hydrogen) atoms. The molecule has 0 radical (unpaired) electrons. The van der Waals surface area contributed by atoms with Gasteiger partial charge in [0.2, 0.25) is 0 Å². The Balaban J connectivity index is 1.98. The third-order valence-electron chi connectivity index (χ3n) is 4.77. The second-order valence-corrected chi connectivity index (χ2v) is 7.53. The Kier molecular flexibility index (Phi) is 11.3. The summed E-state index contributed by atoms with van der Waals surface area (Å²) < 4.78 is 19.3. The van der Waals surface area contributed by atoms with Crippen molar-refractivity contribution in [3.63, 3.8) is 0 Å². The second kappa shape index (κ2) is 14.6. The quantitative estimate of drug-likeness (QED) is 0.209. The third kappa shape index (κ3) is 10.2. The van der Waals surface area contributed by atoms with Crippen LogP contribution in [0.4, 0.5) is 0 Å². The molecule has 2 aromatic rings. The van der Waals surface area contributed by atoms with E-state index >= 15 is 0 Å². The van der Waals surface area contributed by atoms with E-state index in [0.29, 0.717) is 11.1 Å². The summed E-state index contributed by atoms with van der Waals surface area (Å²) in [5.41, 5.74) is 1.30. The number of carbonyl (C=O) groups excluding carboxylic acids is 4. The topological polar surface area (TPSA) is 180 Å². The van der Waals surface area contributed by atoms with Gasteiger partial charge < -0.3 is 29.2 Å². The summed E-state index contributed by atoms with van der Waals surface area (Å²) in [6.07, 6.45) is -1.14. The molecule has 0 aliphatic rings. The molecule has 0 amide bonds. The highest BCUT2D eigenvalue weighted by Gasteiger charge is 2.43. The van der Waals surface area contributed by atoms with E-state index in [4.69, 9.17) is 24.1 Å². The van der Waals surface area contributed by atoms with Crippen molar-refractivity contribution in [2.45, 2.75) is 19.6 Å². The SMILES string of the molecule is O=C(O)CC(C(=O)O)C(C(=O)OCC(=O)OCc1ccccc1)C(=O)OCC(=O)OCc1ccccc1. The standard InChI is InChI=1S/C25H24O12/c26-19(27)11-18(23(30)31)22(24(32)36-14-20(28)34-12-16-7-3-1-4-8-16)25(33)37-15-21(29)35-13-17-9-5-2-6-10-17/h1-10,18,22H,11-15H2,(H,26,27)(H,30,31). The molecule has 0 heterocycles. The lowest BCUT2D eigenvalue weighted by Crippen LogP contribution is -2.40. The van der Waals surface area contributed by atoms with Gasteiger partial charge in [-0.1, -0.05) is 60.7 Å². The number of benzene rings is 2. The van der Waals surface area contributed by atoms with Crippen LogP contribution < -0.4 is 0 Å². The summed E-state index contributed by atoms with van der Waals surface area (Å²) in [4.78, 5) is 71.6. The first-order valence-corrected chi connectivity index (χ1v) is 10.8. The number of rotatable bonds is 14. The van der Waals surface area contributed by atoms with Gasteiger partial charge in [0.05, 0.1) is 12.3 Å². The maximum atomic E-state index is 12.5. The van der Waals surface area contributed by atoms with Gasteiger partial charge in [-0.05, 0) is 11.1 Å². The monoisotopic (exact) mass is 516 g/mol. The number of carbonyl (C=O) groups is 6. The molecular weight excluding hydrogens is 492 g/mol. The molecule has 1 unspecified atom stereocenters. The highest BCUT2D eigenvalue weighted by atomic mass is 16.6. The van der Waals surface area contributed by atoms with Crippen LogP contribution in [0.2, 0.25) is 0 Å². The molecule has 2 N–H and O–H groups in total. The maximum Gasteiger partial charge on any atom is 0.344 e. The normalized spacial score (nSPS) is 11.2. The van der Waals surface area contributed by atoms with Crippen molar-refractivity contribution in [3.05, 3.63) is 71.8 Å². The van der Waals surface area contributed by atoms with Crippen LogP contribution in [0.5, 0.6) is 0 Å². The van der Waals surface area contributed by atoms with E-state index in [-0.39, 0.29) is 13.2 Å². The summed E-state index contributed by atoms with van der Waals surface area (Å²) in [5.74, 6) is -12.9. The van der Waals surface area contributed by atoms with Crippen LogP contribution in [0, 0.1) is 11.8 Å². The average Bonchev–Trinajstić information content (AvgIpc) is 2.88. The Morgan fingerprint density at radius 2 is 1.03 bits per heavy atom. The fourth-order valence-corrected chi connectivity index (χ4v) is 2.96. The summed E-state index contributed by atoms with van der Waals surface area (Å²) >= 11 is 0. The van der Waals surface area contributed by atoms with Crippen molar-refractivity contribution in [3.8, 4) is 0 Å². The number of carboxylic acids is 2. The van der Waals surface area contributed by atoms with Crippen LogP contribution in [0.1, 0.15) is 17.5 Å². The molecule has 0 bridgehead atoms. The summed E-state index contributed by atoms with van der Waals surface area (Å²) in [7, 11) is 0. The van der Waals surface area contributed by atoms with Crippen molar-refractivity contribution in [2.24, 2.45) is 11.8 Å². The number of ether oxygens (including phenoxy) is 4. The minimum absolute atomic E-state index is 0.134. The summed E-state index contributed by atoms with van der Waals surface area (Å²) in [6.45, 7) is -2.23. The van der Waals surface area contributed by atoms with Crippen LogP contribution in [0.15, 0.2) is 60.7 Å². The van der Waals surface area contributed by atoms with Gasteiger partial charge in [0.1, 0.15) is 13.2 Å². The predicted molar refractivity (Wildman–Crippen MR) is 121 cm³/mol. The van der Waals surface area contributed by atoms with Gasteiger partial charge in [0.15, 0.2) is 19.1 Å². The molecule has 0 aliphatic heterocycles.